The average molecular weight is 360 g/mol. The molecule has 0 atom stereocenters. The van der Waals surface area contributed by atoms with E-state index < -0.39 is 0 Å². The summed E-state index contributed by atoms with van der Waals surface area (Å²) in [6.45, 7) is 0.917. The lowest BCUT2D eigenvalue weighted by Gasteiger charge is -2.14. The average Bonchev–Trinajstić information content (AvgIpc) is 2.65. The van der Waals surface area contributed by atoms with Gasteiger partial charge in [0.1, 0.15) is 0 Å². The van der Waals surface area contributed by atoms with Gasteiger partial charge in [0, 0.05) is 33.3 Å². The normalized spacial score (nSPS) is 10.0. The smallest absolute Gasteiger partial charge is 0.319 e. The molecule has 0 aliphatic rings. The van der Waals surface area contributed by atoms with Crippen LogP contribution in [0.3, 0.4) is 0 Å². The highest BCUT2D eigenvalue weighted by molar-refractivity contribution is 5.91. The lowest BCUT2D eigenvalue weighted by atomic mass is 10.2. The van der Waals surface area contributed by atoms with E-state index in [4.69, 9.17) is 9.47 Å². The molecule has 0 aliphatic heterocycles. The van der Waals surface area contributed by atoms with Gasteiger partial charge in [0.2, 0.25) is 0 Å². The number of nitrogens with zero attached hydrogens (tertiary/aromatic N) is 3. The summed E-state index contributed by atoms with van der Waals surface area (Å²) in [5, 5.41) is 16.5. The van der Waals surface area contributed by atoms with Crippen molar-refractivity contribution in [2.45, 2.75) is 0 Å². The van der Waals surface area contributed by atoms with Gasteiger partial charge in [-0.25, -0.2) is 4.79 Å². The molecule has 140 valence electrons. The van der Waals surface area contributed by atoms with Crippen LogP contribution in [0.1, 0.15) is 0 Å². The molecule has 3 N–H and O–H groups in total. The van der Waals surface area contributed by atoms with Gasteiger partial charge in [0.15, 0.2) is 17.3 Å². The molecule has 1 aromatic carbocycles. The molecule has 0 unspecified atom stereocenters. The van der Waals surface area contributed by atoms with Crippen LogP contribution in [0.4, 0.5) is 22.0 Å². The van der Waals surface area contributed by atoms with Gasteiger partial charge < -0.3 is 30.3 Å². The predicted molar refractivity (Wildman–Crippen MR) is 101 cm³/mol. The summed E-state index contributed by atoms with van der Waals surface area (Å²) < 4.78 is 10.5. The summed E-state index contributed by atoms with van der Waals surface area (Å²) in [6, 6.07) is 6.81. The second-order valence-corrected chi connectivity index (χ2v) is 5.54. The molecule has 2 amide bonds. The van der Waals surface area contributed by atoms with Crippen LogP contribution in [0, 0.1) is 0 Å². The van der Waals surface area contributed by atoms with Crippen molar-refractivity contribution in [2.24, 2.45) is 0 Å². The van der Waals surface area contributed by atoms with Crippen LogP contribution in [0.15, 0.2) is 30.5 Å². The molecule has 2 rings (SSSR count). The Morgan fingerprint density at radius 2 is 2.00 bits per heavy atom. The van der Waals surface area contributed by atoms with Gasteiger partial charge in [0.25, 0.3) is 0 Å². The molecule has 1 heterocycles. The Morgan fingerprint density at radius 1 is 1.19 bits per heavy atom. The fourth-order valence-electron chi connectivity index (χ4n) is 2.21. The summed E-state index contributed by atoms with van der Waals surface area (Å²) >= 11 is 0. The van der Waals surface area contributed by atoms with E-state index in [0.717, 1.165) is 5.69 Å². The molecule has 0 saturated heterocycles. The standard InChI is InChI=1S/C17H24N6O3/c1-23(2)12-10-15(22-20-11-12)18-8-9-19-17(24)21-13-6-5-7-14(25-3)16(13)26-4/h5-7,10-11H,8-9H2,1-4H3,(H,18,22)(H2,19,21,24). The largest absolute Gasteiger partial charge is 0.493 e. The van der Waals surface area contributed by atoms with E-state index in [1.807, 2.05) is 25.1 Å². The number of urea groups is 1. The number of hydrogen-bond acceptors (Lipinski definition) is 7. The summed E-state index contributed by atoms with van der Waals surface area (Å²) in [6.07, 6.45) is 1.68. The molecular weight excluding hydrogens is 336 g/mol. The van der Waals surface area contributed by atoms with Crippen molar-refractivity contribution in [3.05, 3.63) is 30.5 Å². The topological polar surface area (TPSA) is 101 Å². The highest BCUT2D eigenvalue weighted by atomic mass is 16.5. The zero-order valence-corrected chi connectivity index (χ0v) is 15.4. The minimum atomic E-state index is -0.341. The maximum atomic E-state index is 12.1. The third-order valence-corrected chi connectivity index (χ3v) is 3.52. The number of amides is 2. The van der Waals surface area contributed by atoms with Gasteiger partial charge in [0.05, 0.1) is 31.8 Å². The van der Waals surface area contributed by atoms with E-state index >= 15 is 0 Å². The van der Waals surface area contributed by atoms with Crippen LogP contribution in [0.2, 0.25) is 0 Å². The second kappa shape index (κ2) is 9.30. The minimum absolute atomic E-state index is 0.341. The minimum Gasteiger partial charge on any atom is -0.493 e. The molecule has 0 radical (unpaired) electrons. The number of rotatable bonds is 8. The molecule has 9 nitrogen and oxygen atoms in total. The van der Waals surface area contributed by atoms with Gasteiger partial charge in [-0.05, 0) is 12.1 Å². The Bertz CT molecular complexity index is 738. The Hall–Kier alpha value is -3.23. The van der Waals surface area contributed by atoms with Crippen LogP contribution in [-0.4, -0.2) is 57.6 Å². The van der Waals surface area contributed by atoms with Gasteiger partial charge in [-0.3, -0.25) is 0 Å². The summed E-state index contributed by atoms with van der Waals surface area (Å²) in [4.78, 5) is 14.0. The highest BCUT2D eigenvalue weighted by Gasteiger charge is 2.11. The summed E-state index contributed by atoms with van der Waals surface area (Å²) in [5.41, 5.74) is 1.47. The first-order valence-electron chi connectivity index (χ1n) is 8.05. The summed E-state index contributed by atoms with van der Waals surface area (Å²) in [5.74, 6) is 1.67. The van der Waals surface area contributed by atoms with E-state index in [9.17, 15) is 4.79 Å². The molecule has 0 fully saturated rings. The molecule has 9 heteroatoms. The van der Waals surface area contributed by atoms with Gasteiger partial charge in [-0.2, -0.15) is 5.10 Å². The van der Waals surface area contributed by atoms with E-state index in [1.54, 1.807) is 31.5 Å². The molecule has 0 aliphatic carbocycles. The zero-order chi connectivity index (χ0) is 18.9. The first-order valence-corrected chi connectivity index (χ1v) is 8.05. The lowest BCUT2D eigenvalue weighted by Crippen LogP contribution is -2.32. The van der Waals surface area contributed by atoms with Crippen LogP contribution in [-0.2, 0) is 0 Å². The van der Waals surface area contributed by atoms with Crippen LogP contribution in [0.5, 0.6) is 11.5 Å². The van der Waals surface area contributed by atoms with E-state index in [-0.39, 0.29) is 6.03 Å². The van der Waals surface area contributed by atoms with Crippen molar-refractivity contribution >= 4 is 23.2 Å². The quantitative estimate of drug-likeness (QED) is 0.617. The monoisotopic (exact) mass is 360 g/mol. The Balaban J connectivity index is 1.82. The van der Waals surface area contributed by atoms with E-state index in [1.165, 1.54) is 7.11 Å². The number of carbonyl (C=O) groups excluding carboxylic acids is 1. The van der Waals surface area contributed by atoms with Crippen LogP contribution >= 0.6 is 0 Å². The number of hydrogen-bond donors (Lipinski definition) is 3. The molecule has 2 aromatic rings. The molecule has 1 aromatic heterocycles. The van der Waals surface area contributed by atoms with Gasteiger partial charge >= 0.3 is 6.03 Å². The van der Waals surface area contributed by atoms with Crippen molar-refractivity contribution in [2.75, 3.05) is 56.9 Å². The SMILES string of the molecule is COc1cccc(NC(=O)NCCNc2cc(N(C)C)cnn2)c1OC. The van der Waals surface area contributed by atoms with Crippen molar-refractivity contribution < 1.29 is 14.3 Å². The van der Waals surface area contributed by atoms with E-state index in [2.05, 4.69) is 26.1 Å². The van der Waals surface area contributed by atoms with Crippen molar-refractivity contribution in [3.8, 4) is 11.5 Å². The molecule has 0 spiro atoms. The molecule has 0 saturated carbocycles. The summed E-state index contributed by atoms with van der Waals surface area (Å²) in [7, 11) is 6.92. The first kappa shape index (κ1) is 19.1. The fraction of sp³-hybridized carbons (Fsp3) is 0.353. The fourth-order valence-corrected chi connectivity index (χ4v) is 2.21. The van der Waals surface area contributed by atoms with Crippen LogP contribution in [0.25, 0.3) is 0 Å². The maximum Gasteiger partial charge on any atom is 0.319 e. The zero-order valence-electron chi connectivity index (χ0n) is 15.4. The Labute approximate surface area is 152 Å². The third-order valence-electron chi connectivity index (χ3n) is 3.52. The molecule has 26 heavy (non-hydrogen) atoms. The number of aromatic nitrogens is 2. The van der Waals surface area contributed by atoms with Crippen molar-refractivity contribution in [3.63, 3.8) is 0 Å². The predicted octanol–water partition coefficient (Wildman–Crippen LogP) is 1.79. The second-order valence-electron chi connectivity index (χ2n) is 5.54. The number of ether oxygens (including phenoxy) is 2. The third kappa shape index (κ3) is 5.13. The first-order chi connectivity index (χ1) is 12.5. The van der Waals surface area contributed by atoms with E-state index in [0.29, 0.717) is 36.1 Å². The van der Waals surface area contributed by atoms with Gasteiger partial charge in [-0.15, -0.1) is 5.10 Å². The van der Waals surface area contributed by atoms with Crippen LogP contribution < -0.4 is 30.3 Å². The maximum absolute atomic E-state index is 12.1. The number of methoxy groups -OCH3 is 2. The number of carbonyl (C=O) groups is 1. The Morgan fingerprint density at radius 3 is 2.69 bits per heavy atom. The number of para-hydroxylation sites is 1. The van der Waals surface area contributed by atoms with Crippen molar-refractivity contribution in [1.29, 1.82) is 0 Å². The van der Waals surface area contributed by atoms with Crippen molar-refractivity contribution in [1.82, 2.24) is 15.5 Å². The Kier molecular flexibility index (Phi) is 6.84. The highest BCUT2D eigenvalue weighted by Crippen LogP contribution is 2.34. The van der Waals surface area contributed by atoms with Gasteiger partial charge in [-0.1, -0.05) is 6.07 Å². The molecule has 0 bridgehead atoms. The number of benzene rings is 1. The molecular formula is C17H24N6O3. The number of nitrogens with one attached hydrogen (secondary N) is 3. The number of anilines is 3. The lowest BCUT2D eigenvalue weighted by molar-refractivity contribution is 0.252.